The minimum absolute atomic E-state index is 0.00779. The molecule has 0 radical (unpaired) electrons. The van der Waals surface area contributed by atoms with E-state index in [1.165, 1.54) is 11.3 Å². The van der Waals surface area contributed by atoms with Gasteiger partial charge in [-0.3, -0.25) is 9.97 Å². The first-order chi connectivity index (χ1) is 14.1. The van der Waals surface area contributed by atoms with Crippen LogP contribution in [0.25, 0.3) is 0 Å². The summed E-state index contributed by atoms with van der Waals surface area (Å²) in [7, 11) is 4.17. The van der Waals surface area contributed by atoms with Crippen LogP contribution in [0.2, 0.25) is 0 Å². The molecule has 4 rings (SSSR count). The van der Waals surface area contributed by atoms with Gasteiger partial charge in [0, 0.05) is 50.1 Å². The van der Waals surface area contributed by atoms with Crippen LogP contribution in [0.1, 0.15) is 29.0 Å². The third-order valence-corrected chi connectivity index (χ3v) is 5.58. The van der Waals surface area contributed by atoms with Crippen molar-refractivity contribution in [3.8, 4) is 0 Å². The molecular formula is C22H26N6S. The van der Waals surface area contributed by atoms with Crippen molar-refractivity contribution in [3.05, 3.63) is 84.2 Å². The third-order valence-electron chi connectivity index (χ3n) is 5.23. The van der Waals surface area contributed by atoms with Crippen LogP contribution in [-0.2, 0) is 6.54 Å². The van der Waals surface area contributed by atoms with E-state index in [2.05, 4.69) is 74.2 Å². The van der Waals surface area contributed by atoms with E-state index in [1.807, 2.05) is 30.6 Å². The van der Waals surface area contributed by atoms with Gasteiger partial charge in [0.2, 0.25) is 0 Å². The maximum atomic E-state index is 5.74. The van der Waals surface area contributed by atoms with Crippen LogP contribution in [0.3, 0.4) is 0 Å². The SMILES string of the molecule is CN(C)CCN1C(=S)N[C@@H](c2ccccn2)[C@H]1c1cccn1Cc1cccnc1. The van der Waals surface area contributed by atoms with Gasteiger partial charge in [-0.25, -0.2) is 0 Å². The van der Waals surface area contributed by atoms with Crippen molar-refractivity contribution in [1.82, 2.24) is 29.7 Å². The largest absolute Gasteiger partial charge is 0.352 e. The van der Waals surface area contributed by atoms with Crippen molar-refractivity contribution in [1.29, 1.82) is 0 Å². The fourth-order valence-corrected chi connectivity index (χ4v) is 4.14. The molecule has 0 aromatic carbocycles. The van der Waals surface area contributed by atoms with Crippen molar-refractivity contribution in [2.45, 2.75) is 18.6 Å². The molecule has 0 spiro atoms. The third kappa shape index (κ3) is 4.31. The molecule has 0 aliphatic carbocycles. The van der Waals surface area contributed by atoms with Gasteiger partial charge < -0.3 is 19.7 Å². The van der Waals surface area contributed by atoms with Crippen molar-refractivity contribution >= 4 is 17.3 Å². The number of aromatic nitrogens is 3. The molecule has 1 aliphatic rings. The summed E-state index contributed by atoms with van der Waals surface area (Å²) in [6.07, 6.45) is 7.69. The van der Waals surface area contributed by atoms with Crippen molar-refractivity contribution in [2.75, 3.05) is 27.2 Å². The highest BCUT2D eigenvalue weighted by Crippen LogP contribution is 2.38. The summed E-state index contributed by atoms with van der Waals surface area (Å²) in [5, 5.41) is 4.30. The molecule has 1 fully saturated rings. The highest BCUT2D eigenvalue weighted by molar-refractivity contribution is 7.80. The minimum atomic E-state index is 0.00779. The average Bonchev–Trinajstić information content (AvgIpc) is 3.31. The molecule has 2 atom stereocenters. The van der Waals surface area contributed by atoms with E-state index in [0.29, 0.717) is 0 Å². The molecule has 4 heterocycles. The van der Waals surface area contributed by atoms with E-state index in [9.17, 15) is 0 Å². The molecule has 1 aliphatic heterocycles. The lowest BCUT2D eigenvalue weighted by atomic mass is 10.0. The Morgan fingerprint density at radius 1 is 1.10 bits per heavy atom. The first-order valence-corrected chi connectivity index (χ1v) is 10.2. The van der Waals surface area contributed by atoms with E-state index in [-0.39, 0.29) is 12.1 Å². The Balaban J connectivity index is 1.70. The van der Waals surface area contributed by atoms with E-state index in [0.717, 1.165) is 30.4 Å². The van der Waals surface area contributed by atoms with E-state index >= 15 is 0 Å². The Hall–Kier alpha value is -2.77. The minimum Gasteiger partial charge on any atom is -0.352 e. The fourth-order valence-electron chi connectivity index (χ4n) is 3.80. The summed E-state index contributed by atoms with van der Waals surface area (Å²) < 4.78 is 2.29. The number of pyridine rings is 2. The highest BCUT2D eigenvalue weighted by Gasteiger charge is 2.40. The molecule has 0 bridgehead atoms. The predicted molar refractivity (Wildman–Crippen MR) is 118 cm³/mol. The van der Waals surface area contributed by atoms with Gasteiger partial charge in [0.25, 0.3) is 0 Å². The molecule has 3 aromatic heterocycles. The van der Waals surface area contributed by atoms with Gasteiger partial charge in [-0.2, -0.15) is 0 Å². The molecule has 0 unspecified atom stereocenters. The number of hydrogen-bond donors (Lipinski definition) is 1. The van der Waals surface area contributed by atoms with Crippen molar-refractivity contribution < 1.29 is 0 Å². The molecule has 0 amide bonds. The number of likely N-dealkylation sites (N-methyl/N-ethyl adjacent to an activating group) is 1. The summed E-state index contributed by atoms with van der Waals surface area (Å²) in [5.41, 5.74) is 3.39. The zero-order valence-electron chi connectivity index (χ0n) is 16.8. The van der Waals surface area contributed by atoms with E-state index in [4.69, 9.17) is 12.2 Å². The van der Waals surface area contributed by atoms with Gasteiger partial charge in [0.15, 0.2) is 5.11 Å². The van der Waals surface area contributed by atoms with Gasteiger partial charge in [0.05, 0.1) is 17.8 Å². The number of thiocarbonyl (C=S) groups is 1. The van der Waals surface area contributed by atoms with Crippen LogP contribution >= 0.6 is 12.2 Å². The highest BCUT2D eigenvalue weighted by atomic mass is 32.1. The second-order valence-electron chi connectivity index (χ2n) is 7.55. The zero-order valence-corrected chi connectivity index (χ0v) is 17.6. The topological polar surface area (TPSA) is 49.2 Å². The summed E-state index contributed by atoms with van der Waals surface area (Å²) in [6, 6.07) is 14.5. The Bertz CT molecular complexity index is 940. The smallest absolute Gasteiger partial charge is 0.170 e. The van der Waals surface area contributed by atoms with Crippen molar-refractivity contribution in [3.63, 3.8) is 0 Å². The molecule has 1 N–H and O–H groups in total. The lowest BCUT2D eigenvalue weighted by Crippen LogP contribution is -2.36. The lowest BCUT2D eigenvalue weighted by molar-refractivity contribution is 0.269. The second kappa shape index (κ2) is 8.71. The Morgan fingerprint density at radius 2 is 2.00 bits per heavy atom. The fraction of sp³-hybridized carbons (Fsp3) is 0.318. The maximum absolute atomic E-state index is 5.74. The molecule has 29 heavy (non-hydrogen) atoms. The zero-order chi connectivity index (χ0) is 20.2. The van der Waals surface area contributed by atoms with E-state index < -0.39 is 0 Å². The quantitative estimate of drug-likeness (QED) is 0.609. The van der Waals surface area contributed by atoms with Gasteiger partial charge in [0.1, 0.15) is 0 Å². The lowest BCUT2D eigenvalue weighted by Gasteiger charge is -2.29. The summed E-state index contributed by atoms with van der Waals surface area (Å²) in [4.78, 5) is 13.4. The standard InChI is InChI=1S/C22H26N6S/c1-26(2)13-14-28-21(20(25-22(28)29)18-8-3-4-11-24-18)19-9-6-12-27(19)16-17-7-5-10-23-15-17/h3-12,15,20-21H,13-14,16H2,1-2H3,(H,25,29)/t20-,21+/m0/s1. The van der Waals surface area contributed by atoms with Crippen molar-refractivity contribution in [2.24, 2.45) is 0 Å². The molecular weight excluding hydrogens is 380 g/mol. The van der Waals surface area contributed by atoms with Gasteiger partial charge in [-0.05, 0) is 62.2 Å². The van der Waals surface area contributed by atoms with Crippen LogP contribution in [0.15, 0.2) is 67.3 Å². The second-order valence-corrected chi connectivity index (χ2v) is 7.93. The molecule has 7 heteroatoms. The number of nitrogens with zero attached hydrogens (tertiary/aromatic N) is 5. The van der Waals surface area contributed by atoms with Crippen LogP contribution in [-0.4, -0.2) is 56.6 Å². The van der Waals surface area contributed by atoms with Gasteiger partial charge in [-0.15, -0.1) is 0 Å². The number of rotatable bonds is 7. The first kappa shape index (κ1) is 19.5. The Morgan fingerprint density at radius 3 is 2.72 bits per heavy atom. The molecule has 3 aromatic rings. The summed E-state index contributed by atoms with van der Waals surface area (Å²) in [6.45, 7) is 2.55. The predicted octanol–water partition coefficient (Wildman–Crippen LogP) is 2.86. The Kier molecular flexibility index (Phi) is 5.87. The average molecular weight is 407 g/mol. The normalized spacial score (nSPS) is 19.0. The summed E-state index contributed by atoms with van der Waals surface area (Å²) in [5.74, 6) is 0. The van der Waals surface area contributed by atoms with Gasteiger partial charge in [-0.1, -0.05) is 12.1 Å². The maximum Gasteiger partial charge on any atom is 0.170 e. The first-order valence-electron chi connectivity index (χ1n) is 9.80. The van der Waals surface area contributed by atoms with Crippen LogP contribution in [0.4, 0.5) is 0 Å². The van der Waals surface area contributed by atoms with Crippen LogP contribution in [0.5, 0.6) is 0 Å². The van der Waals surface area contributed by atoms with E-state index in [1.54, 1.807) is 6.20 Å². The number of nitrogens with one attached hydrogen (secondary N) is 1. The van der Waals surface area contributed by atoms with Crippen LogP contribution < -0.4 is 5.32 Å². The number of hydrogen-bond acceptors (Lipinski definition) is 4. The van der Waals surface area contributed by atoms with Crippen LogP contribution in [0, 0.1) is 0 Å². The molecule has 1 saturated heterocycles. The Labute approximate surface area is 177 Å². The summed E-state index contributed by atoms with van der Waals surface area (Å²) >= 11 is 5.74. The molecule has 0 saturated carbocycles. The monoisotopic (exact) mass is 406 g/mol. The molecule has 6 nitrogen and oxygen atoms in total. The molecule has 150 valence electrons. The van der Waals surface area contributed by atoms with Gasteiger partial charge >= 0.3 is 0 Å².